The number of aromatic amines is 1. The van der Waals surface area contributed by atoms with Gasteiger partial charge in [-0.25, -0.2) is 0 Å². The molecular formula is C22H27N3O2. The predicted octanol–water partition coefficient (Wildman–Crippen LogP) is 4.29. The van der Waals surface area contributed by atoms with Gasteiger partial charge >= 0.3 is 0 Å². The van der Waals surface area contributed by atoms with Gasteiger partial charge < -0.3 is 10.0 Å². The number of rotatable bonds is 7. The lowest BCUT2D eigenvalue weighted by atomic mass is 10.0. The van der Waals surface area contributed by atoms with Crippen molar-refractivity contribution in [3.8, 4) is 5.75 Å². The number of carbonyl (C=O) groups is 1. The molecule has 0 aliphatic heterocycles. The van der Waals surface area contributed by atoms with Crippen LogP contribution in [0, 0.1) is 0 Å². The molecule has 0 atom stereocenters. The zero-order valence-corrected chi connectivity index (χ0v) is 16.2. The number of carbonyl (C=O) groups excluding carboxylic acids is 1. The van der Waals surface area contributed by atoms with Crippen LogP contribution >= 0.6 is 0 Å². The van der Waals surface area contributed by atoms with Gasteiger partial charge in [0, 0.05) is 31.5 Å². The quantitative estimate of drug-likeness (QED) is 0.656. The maximum Gasteiger partial charge on any atom is 0.257 e. The van der Waals surface area contributed by atoms with E-state index < -0.39 is 0 Å². The van der Waals surface area contributed by atoms with Gasteiger partial charge in [0.25, 0.3) is 5.91 Å². The van der Waals surface area contributed by atoms with Crippen molar-refractivity contribution < 1.29 is 9.90 Å². The summed E-state index contributed by atoms with van der Waals surface area (Å²) >= 11 is 0. The Labute approximate surface area is 160 Å². The van der Waals surface area contributed by atoms with Crippen LogP contribution in [0.25, 0.3) is 10.9 Å². The zero-order chi connectivity index (χ0) is 19.4. The number of nitrogens with zero attached hydrogens (tertiary/aromatic N) is 2. The second-order valence-corrected chi connectivity index (χ2v) is 7.01. The Hall–Kier alpha value is -2.82. The van der Waals surface area contributed by atoms with Crippen molar-refractivity contribution in [3.05, 3.63) is 58.8 Å². The van der Waals surface area contributed by atoms with Gasteiger partial charge in [-0.2, -0.15) is 5.10 Å². The van der Waals surface area contributed by atoms with Crippen molar-refractivity contribution in [1.82, 2.24) is 15.1 Å². The lowest BCUT2D eigenvalue weighted by Crippen LogP contribution is -2.27. The van der Waals surface area contributed by atoms with Crippen molar-refractivity contribution in [1.29, 1.82) is 0 Å². The molecule has 1 aromatic heterocycles. The molecule has 0 aliphatic rings. The topological polar surface area (TPSA) is 69.2 Å². The Kier molecular flexibility index (Phi) is 5.79. The molecule has 0 unspecified atom stereocenters. The molecule has 27 heavy (non-hydrogen) atoms. The van der Waals surface area contributed by atoms with Crippen molar-refractivity contribution >= 4 is 16.8 Å². The Morgan fingerprint density at radius 1 is 1.15 bits per heavy atom. The van der Waals surface area contributed by atoms with E-state index in [1.807, 2.05) is 0 Å². The highest BCUT2D eigenvalue weighted by Gasteiger charge is 2.18. The molecule has 3 rings (SSSR count). The highest BCUT2D eigenvalue weighted by atomic mass is 16.3. The third-order valence-electron chi connectivity index (χ3n) is 4.99. The SMILES string of the molecule is CCCCN(C)C(=O)c1cc2c(Cc3ccc(CC)cc3)n[nH]c2cc1O. The number of phenolic OH excluding ortho intramolecular Hbond substituents is 1. The number of hydrogen-bond donors (Lipinski definition) is 2. The maximum absolute atomic E-state index is 12.7. The second-order valence-electron chi connectivity index (χ2n) is 7.01. The van der Waals surface area contributed by atoms with Crippen LogP contribution < -0.4 is 0 Å². The smallest absolute Gasteiger partial charge is 0.257 e. The zero-order valence-electron chi connectivity index (χ0n) is 16.2. The Morgan fingerprint density at radius 2 is 1.85 bits per heavy atom. The summed E-state index contributed by atoms with van der Waals surface area (Å²) in [6.07, 6.45) is 3.65. The van der Waals surface area contributed by atoms with Crippen molar-refractivity contribution in [2.45, 2.75) is 39.5 Å². The molecular weight excluding hydrogens is 338 g/mol. The maximum atomic E-state index is 12.7. The number of amides is 1. The van der Waals surface area contributed by atoms with Gasteiger partial charge in [0.15, 0.2) is 0 Å². The van der Waals surface area contributed by atoms with Crippen LogP contribution in [0.5, 0.6) is 5.75 Å². The summed E-state index contributed by atoms with van der Waals surface area (Å²) in [6.45, 7) is 4.90. The van der Waals surface area contributed by atoms with Crippen molar-refractivity contribution in [2.75, 3.05) is 13.6 Å². The average molecular weight is 365 g/mol. The lowest BCUT2D eigenvalue weighted by molar-refractivity contribution is 0.0790. The number of H-pyrrole nitrogens is 1. The molecule has 2 N–H and O–H groups in total. The lowest BCUT2D eigenvalue weighted by Gasteiger charge is -2.17. The monoisotopic (exact) mass is 365 g/mol. The molecule has 142 valence electrons. The van der Waals surface area contributed by atoms with E-state index in [1.165, 1.54) is 11.1 Å². The van der Waals surface area contributed by atoms with E-state index in [0.717, 1.165) is 35.9 Å². The summed E-state index contributed by atoms with van der Waals surface area (Å²) in [7, 11) is 1.77. The van der Waals surface area contributed by atoms with E-state index in [4.69, 9.17) is 0 Å². The van der Waals surface area contributed by atoms with Crippen LogP contribution in [0.2, 0.25) is 0 Å². The van der Waals surface area contributed by atoms with Crippen LogP contribution in [0.3, 0.4) is 0 Å². The average Bonchev–Trinajstić information content (AvgIpc) is 3.06. The summed E-state index contributed by atoms with van der Waals surface area (Å²) in [6, 6.07) is 11.8. The fourth-order valence-corrected chi connectivity index (χ4v) is 3.20. The second kappa shape index (κ2) is 8.25. The fraction of sp³-hybridized carbons (Fsp3) is 0.364. The Morgan fingerprint density at radius 3 is 2.52 bits per heavy atom. The molecule has 0 spiro atoms. The standard InChI is InChI=1S/C22H27N3O2/c1-4-6-11-25(3)22(27)18-13-17-19(23-24-20(17)14-21(18)26)12-16-9-7-15(5-2)8-10-16/h7-10,13-14,26H,4-6,11-12H2,1-3H3,(H,23,24). The van der Waals surface area contributed by atoms with E-state index in [1.54, 1.807) is 24.1 Å². The normalized spacial score (nSPS) is 11.1. The highest BCUT2D eigenvalue weighted by molar-refractivity contribution is 6.01. The number of aryl methyl sites for hydroxylation is 1. The first kappa shape index (κ1) is 19.0. The van der Waals surface area contributed by atoms with Gasteiger partial charge in [-0.1, -0.05) is 44.5 Å². The first-order valence-electron chi connectivity index (χ1n) is 9.56. The number of nitrogens with one attached hydrogen (secondary N) is 1. The summed E-state index contributed by atoms with van der Waals surface area (Å²) in [5, 5.41) is 18.6. The summed E-state index contributed by atoms with van der Waals surface area (Å²) in [4.78, 5) is 14.4. The van der Waals surface area contributed by atoms with Gasteiger partial charge in [-0.15, -0.1) is 0 Å². The first-order valence-corrected chi connectivity index (χ1v) is 9.56. The van der Waals surface area contributed by atoms with Gasteiger partial charge in [0.05, 0.1) is 16.8 Å². The molecule has 0 radical (unpaired) electrons. The number of unbranched alkanes of at least 4 members (excludes halogenated alkanes) is 1. The molecule has 1 heterocycles. The fourth-order valence-electron chi connectivity index (χ4n) is 3.20. The van der Waals surface area contributed by atoms with E-state index >= 15 is 0 Å². The molecule has 0 saturated heterocycles. The number of aromatic nitrogens is 2. The molecule has 0 aliphatic carbocycles. The van der Waals surface area contributed by atoms with Crippen molar-refractivity contribution in [3.63, 3.8) is 0 Å². The van der Waals surface area contributed by atoms with E-state index in [9.17, 15) is 9.90 Å². The minimum Gasteiger partial charge on any atom is -0.507 e. The molecule has 0 saturated carbocycles. The third kappa shape index (κ3) is 4.13. The summed E-state index contributed by atoms with van der Waals surface area (Å²) < 4.78 is 0. The molecule has 0 fully saturated rings. The Balaban J connectivity index is 1.90. The van der Waals surface area contributed by atoms with Crippen molar-refractivity contribution in [2.24, 2.45) is 0 Å². The van der Waals surface area contributed by atoms with Crippen LogP contribution in [-0.4, -0.2) is 39.7 Å². The van der Waals surface area contributed by atoms with E-state index in [-0.39, 0.29) is 11.7 Å². The van der Waals surface area contributed by atoms with Gasteiger partial charge in [-0.3, -0.25) is 9.89 Å². The highest BCUT2D eigenvalue weighted by Crippen LogP contribution is 2.28. The number of hydrogen-bond acceptors (Lipinski definition) is 3. The number of phenols is 1. The molecule has 3 aromatic rings. The minimum absolute atomic E-state index is 0.0154. The first-order chi connectivity index (χ1) is 13.0. The van der Waals surface area contributed by atoms with E-state index in [0.29, 0.717) is 18.5 Å². The van der Waals surface area contributed by atoms with Crippen LogP contribution in [-0.2, 0) is 12.8 Å². The molecule has 1 amide bonds. The molecule has 5 nitrogen and oxygen atoms in total. The van der Waals surface area contributed by atoms with Crippen LogP contribution in [0.4, 0.5) is 0 Å². The van der Waals surface area contributed by atoms with Crippen LogP contribution in [0.1, 0.15) is 53.9 Å². The summed E-state index contributed by atoms with van der Waals surface area (Å²) in [5.74, 6) is -0.180. The molecule has 2 aromatic carbocycles. The number of aromatic hydroxyl groups is 1. The molecule has 0 bridgehead atoms. The number of fused-ring (bicyclic) bond motifs is 1. The van der Waals surface area contributed by atoms with Gasteiger partial charge in [0.2, 0.25) is 0 Å². The molecule has 5 heteroatoms. The van der Waals surface area contributed by atoms with Gasteiger partial charge in [-0.05, 0) is 30.0 Å². The Bertz CT molecular complexity index is 929. The minimum atomic E-state index is -0.165. The summed E-state index contributed by atoms with van der Waals surface area (Å²) in [5.41, 5.74) is 4.41. The largest absolute Gasteiger partial charge is 0.507 e. The number of benzene rings is 2. The van der Waals surface area contributed by atoms with Gasteiger partial charge in [0.1, 0.15) is 5.75 Å². The third-order valence-corrected chi connectivity index (χ3v) is 4.99. The predicted molar refractivity (Wildman–Crippen MR) is 108 cm³/mol. The van der Waals surface area contributed by atoms with E-state index in [2.05, 4.69) is 48.3 Å². The van der Waals surface area contributed by atoms with Crippen LogP contribution in [0.15, 0.2) is 36.4 Å².